The molecule has 0 saturated carbocycles. The number of rotatable bonds is 9. The highest BCUT2D eigenvalue weighted by Gasteiger charge is 2.37. The number of thiophene rings is 1. The zero-order chi connectivity index (χ0) is 27.3. The van der Waals surface area contributed by atoms with Crippen molar-refractivity contribution in [3.63, 3.8) is 0 Å². The molecule has 0 radical (unpaired) electrons. The van der Waals surface area contributed by atoms with Crippen LogP contribution < -0.4 is 10.0 Å². The number of benzene rings is 1. The molecule has 0 spiro atoms. The molecule has 1 aromatic heterocycles. The number of hydrogen-bond donors (Lipinski definition) is 2. The van der Waals surface area contributed by atoms with Gasteiger partial charge in [0, 0.05) is 23.4 Å². The average Bonchev–Trinajstić information content (AvgIpc) is 3.55. The first-order chi connectivity index (χ1) is 18.1. The van der Waals surface area contributed by atoms with Crippen molar-refractivity contribution in [2.45, 2.75) is 50.7 Å². The maximum absolute atomic E-state index is 13.2. The van der Waals surface area contributed by atoms with E-state index in [1.54, 1.807) is 12.1 Å². The highest BCUT2D eigenvalue weighted by Crippen LogP contribution is 2.23. The summed E-state index contributed by atoms with van der Waals surface area (Å²) in [5, 5.41) is 4.00. The number of carbonyl (C=O) groups is 3. The molecule has 204 valence electrons. The maximum Gasteiger partial charge on any atom is 0.243 e. The Kier molecular flexibility index (Phi) is 9.24. The molecule has 3 atom stereocenters. The lowest BCUT2D eigenvalue weighted by Gasteiger charge is -2.34. The number of nitrogens with zero attached hydrogens (tertiary/aromatic N) is 2. The monoisotopic (exact) mass is 578 g/mol. The molecule has 2 fully saturated rings. The lowest BCUT2D eigenvalue weighted by Crippen LogP contribution is -2.55. The highest BCUT2D eigenvalue weighted by atomic mass is 35.5. The van der Waals surface area contributed by atoms with Crippen LogP contribution in [0, 0.1) is 0 Å². The summed E-state index contributed by atoms with van der Waals surface area (Å²) < 4.78 is 28.1. The molecule has 0 unspecified atom stereocenters. The fraction of sp³-hybridized carbons (Fsp3) is 0.423. The Balaban J connectivity index is 1.34. The number of carbonyl (C=O) groups excluding carboxylic acids is 3. The number of likely N-dealkylation sites (tertiary alicyclic amines) is 2. The summed E-state index contributed by atoms with van der Waals surface area (Å²) in [6.45, 7) is 2.49. The Morgan fingerprint density at radius 1 is 1.13 bits per heavy atom. The average molecular weight is 579 g/mol. The Labute approximate surface area is 231 Å². The van der Waals surface area contributed by atoms with Crippen molar-refractivity contribution >= 4 is 56.8 Å². The van der Waals surface area contributed by atoms with E-state index in [4.69, 9.17) is 11.6 Å². The molecule has 0 bridgehead atoms. The number of halogens is 1. The predicted molar refractivity (Wildman–Crippen MR) is 148 cm³/mol. The molecule has 12 heteroatoms. The number of nitrogens with one attached hydrogen (secondary N) is 2. The van der Waals surface area contributed by atoms with Crippen LogP contribution in [-0.2, 0) is 24.4 Å². The third-order valence-corrected chi connectivity index (χ3v) is 9.01. The third kappa shape index (κ3) is 7.22. The van der Waals surface area contributed by atoms with Crippen LogP contribution in [0.1, 0.15) is 49.1 Å². The molecular weight excluding hydrogens is 548 g/mol. The second-order valence-corrected chi connectivity index (χ2v) is 12.8. The lowest BCUT2D eigenvalue weighted by molar-refractivity contribution is -0.145. The van der Waals surface area contributed by atoms with E-state index >= 15 is 0 Å². The van der Waals surface area contributed by atoms with Crippen LogP contribution in [0.25, 0.3) is 6.08 Å². The Morgan fingerprint density at radius 3 is 2.58 bits per heavy atom. The van der Waals surface area contributed by atoms with Gasteiger partial charge < -0.3 is 15.1 Å². The van der Waals surface area contributed by atoms with Gasteiger partial charge in [-0.05, 0) is 56.4 Å². The van der Waals surface area contributed by atoms with E-state index < -0.39 is 28.0 Å². The molecule has 38 heavy (non-hydrogen) atoms. The minimum absolute atomic E-state index is 0.196. The van der Waals surface area contributed by atoms with Crippen molar-refractivity contribution in [3.05, 3.63) is 62.6 Å². The molecule has 3 heterocycles. The van der Waals surface area contributed by atoms with Gasteiger partial charge in [-0.15, -0.1) is 11.3 Å². The van der Waals surface area contributed by atoms with Gasteiger partial charge in [0.1, 0.15) is 12.1 Å². The van der Waals surface area contributed by atoms with Gasteiger partial charge >= 0.3 is 0 Å². The van der Waals surface area contributed by atoms with Crippen LogP contribution in [0.15, 0.2) is 47.9 Å². The normalized spacial score (nSPS) is 21.2. The van der Waals surface area contributed by atoms with Crippen LogP contribution in [0.4, 0.5) is 0 Å². The van der Waals surface area contributed by atoms with Crippen LogP contribution in [0.2, 0.25) is 4.34 Å². The fourth-order valence-corrected chi connectivity index (χ4v) is 6.81. The summed E-state index contributed by atoms with van der Waals surface area (Å²) in [7, 11) is -3.89. The van der Waals surface area contributed by atoms with E-state index in [-0.39, 0.29) is 24.4 Å². The summed E-state index contributed by atoms with van der Waals surface area (Å²) >= 11 is 7.12. The van der Waals surface area contributed by atoms with Crippen LogP contribution in [0.3, 0.4) is 0 Å². The quantitative estimate of drug-likeness (QED) is 0.474. The van der Waals surface area contributed by atoms with Crippen LogP contribution in [-0.4, -0.2) is 67.7 Å². The van der Waals surface area contributed by atoms with E-state index in [0.29, 0.717) is 48.0 Å². The summed E-state index contributed by atoms with van der Waals surface area (Å²) in [4.78, 5) is 42.8. The first-order valence-electron chi connectivity index (χ1n) is 12.5. The topological polar surface area (TPSA) is 116 Å². The minimum atomic E-state index is -3.89. The molecular formula is C26H31ClN4O5S2. The second kappa shape index (κ2) is 12.4. The van der Waals surface area contributed by atoms with E-state index in [2.05, 4.69) is 10.0 Å². The molecule has 2 aliphatic rings. The maximum atomic E-state index is 13.2. The molecule has 2 aromatic rings. The van der Waals surface area contributed by atoms with Crippen molar-refractivity contribution in [1.29, 1.82) is 0 Å². The van der Waals surface area contributed by atoms with Gasteiger partial charge in [-0.25, -0.2) is 8.42 Å². The first-order valence-corrected chi connectivity index (χ1v) is 15.3. The van der Waals surface area contributed by atoms with Crippen molar-refractivity contribution in [1.82, 2.24) is 19.8 Å². The second-order valence-electron chi connectivity index (χ2n) is 9.45. The van der Waals surface area contributed by atoms with Crippen LogP contribution in [0.5, 0.6) is 0 Å². The summed E-state index contributed by atoms with van der Waals surface area (Å²) in [6.07, 6.45) is 3.56. The molecule has 9 nitrogen and oxygen atoms in total. The van der Waals surface area contributed by atoms with Crippen molar-refractivity contribution in [2.24, 2.45) is 0 Å². The number of sulfonamides is 1. The number of hydrogen-bond acceptors (Lipinski definition) is 6. The molecule has 2 aliphatic heterocycles. The van der Waals surface area contributed by atoms with Gasteiger partial charge in [-0.2, -0.15) is 4.72 Å². The van der Waals surface area contributed by atoms with Crippen LogP contribution >= 0.6 is 22.9 Å². The molecule has 2 saturated heterocycles. The fourth-order valence-electron chi connectivity index (χ4n) is 4.75. The smallest absolute Gasteiger partial charge is 0.243 e. The van der Waals surface area contributed by atoms with E-state index in [0.717, 1.165) is 11.0 Å². The standard InChI is InChI=1S/C26H31ClN4O5S2/c1-18(19-7-3-2-4-8-19)28-25(33)22-10-6-15-31(22)24(32)17-30-14-5-9-21(26(30)34)29-38(35,36)16-13-20-11-12-23(27)37-20/h2-4,7-8,11-13,16,18,21-22,29H,5-6,9-10,14-15,17H2,1H3,(H,28,33)/b16-13+/t18-,21+,22+/m1/s1. The van der Waals surface area contributed by atoms with Crippen molar-refractivity contribution < 1.29 is 22.8 Å². The zero-order valence-corrected chi connectivity index (χ0v) is 23.4. The molecule has 2 N–H and O–H groups in total. The predicted octanol–water partition coefficient (Wildman–Crippen LogP) is 3.15. The zero-order valence-electron chi connectivity index (χ0n) is 21.0. The van der Waals surface area contributed by atoms with E-state index in [1.807, 2.05) is 37.3 Å². The van der Waals surface area contributed by atoms with Gasteiger partial charge in [0.2, 0.25) is 27.7 Å². The van der Waals surface area contributed by atoms with E-state index in [1.165, 1.54) is 27.2 Å². The van der Waals surface area contributed by atoms with Gasteiger partial charge in [0.15, 0.2) is 0 Å². The Morgan fingerprint density at radius 2 is 1.87 bits per heavy atom. The van der Waals surface area contributed by atoms with Gasteiger partial charge in [-0.3, -0.25) is 14.4 Å². The van der Waals surface area contributed by atoms with E-state index in [9.17, 15) is 22.8 Å². The molecule has 3 amide bonds. The summed E-state index contributed by atoms with van der Waals surface area (Å²) in [5.74, 6) is -0.985. The molecule has 4 rings (SSSR count). The Hall–Kier alpha value is -2.73. The lowest BCUT2D eigenvalue weighted by atomic mass is 10.1. The molecule has 1 aromatic carbocycles. The van der Waals surface area contributed by atoms with Crippen molar-refractivity contribution in [2.75, 3.05) is 19.6 Å². The summed E-state index contributed by atoms with van der Waals surface area (Å²) in [6, 6.07) is 11.2. The SMILES string of the molecule is C[C@@H](NC(=O)[C@@H]1CCCN1C(=O)CN1CCC[C@H](NS(=O)(=O)/C=C/c2ccc(Cl)s2)C1=O)c1ccccc1. The Bertz CT molecular complexity index is 1300. The van der Waals surface area contributed by atoms with Gasteiger partial charge in [0.05, 0.1) is 16.9 Å². The van der Waals surface area contributed by atoms with Gasteiger partial charge in [-0.1, -0.05) is 41.9 Å². The number of piperidine rings is 1. The third-order valence-electron chi connectivity index (χ3n) is 6.70. The van der Waals surface area contributed by atoms with Crippen molar-refractivity contribution in [3.8, 4) is 0 Å². The molecule has 0 aliphatic carbocycles. The first kappa shape index (κ1) is 28.3. The minimum Gasteiger partial charge on any atom is -0.348 e. The van der Waals surface area contributed by atoms with Gasteiger partial charge in [0.25, 0.3) is 0 Å². The largest absolute Gasteiger partial charge is 0.348 e. The number of amides is 3. The highest BCUT2D eigenvalue weighted by molar-refractivity contribution is 7.92. The summed E-state index contributed by atoms with van der Waals surface area (Å²) in [5.41, 5.74) is 0.971.